The molecule has 0 fully saturated rings. The summed E-state index contributed by atoms with van der Waals surface area (Å²) in [7, 11) is 0. The Morgan fingerprint density at radius 1 is 0.952 bits per heavy atom. The molecular formula is C18H23N3. The second-order valence-corrected chi connectivity index (χ2v) is 5.52. The maximum Gasteiger partial charge on any atom is 0.189 e. The van der Waals surface area contributed by atoms with E-state index in [0.717, 1.165) is 6.54 Å². The van der Waals surface area contributed by atoms with E-state index in [1.54, 1.807) is 0 Å². The van der Waals surface area contributed by atoms with Crippen molar-refractivity contribution in [2.75, 3.05) is 6.54 Å². The fourth-order valence-corrected chi connectivity index (χ4v) is 2.12. The van der Waals surface area contributed by atoms with Crippen molar-refractivity contribution < 1.29 is 0 Å². The number of benzene rings is 2. The van der Waals surface area contributed by atoms with E-state index in [4.69, 9.17) is 5.73 Å². The molecule has 110 valence electrons. The van der Waals surface area contributed by atoms with Crippen LogP contribution in [-0.2, 0) is 0 Å². The summed E-state index contributed by atoms with van der Waals surface area (Å²) >= 11 is 0. The van der Waals surface area contributed by atoms with Crippen LogP contribution in [0.4, 0.5) is 0 Å². The molecule has 21 heavy (non-hydrogen) atoms. The molecule has 0 atom stereocenters. The zero-order chi connectivity index (χ0) is 15.1. The minimum Gasteiger partial charge on any atom is -0.370 e. The summed E-state index contributed by atoms with van der Waals surface area (Å²) in [5, 5.41) is 3.33. The number of nitrogens with two attached hydrogens (primary N) is 1. The second kappa shape index (κ2) is 7.48. The van der Waals surface area contributed by atoms with Gasteiger partial charge >= 0.3 is 0 Å². The van der Waals surface area contributed by atoms with E-state index in [-0.39, 0.29) is 6.04 Å². The van der Waals surface area contributed by atoms with Gasteiger partial charge in [0, 0.05) is 6.54 Å². The van der Waals surface area contributed by atoms with Gasteiger partial charge in [0.25, 0.3) is 0 Å². The van der Waals surface area contributed by atoms with Gasteiger partial charge in [0.05, 0.1) is 6.04 Å². The predicted molar refractivity (Wildman–Crippen MR) is 89.2 cm³/mol. The molecule has 0 aliphatic heterocycles. The normalized spacial score (nSPS) is 11.9. The molecule has 0 aliphatic carbocycles. The van der Waals surface area contributed by atoms with Crippen molar-refractivity contribution in [3.05, 3.63) is 71.8 Å². The molecule has 3 nitrogen and oxygen atoms in total. The van der Waals surface area contributed by atoms with Crippen molar-refractivity contribution in [2.24, 2.45) is 16.6 Å². The molecule has 0 aliphatic rings. The summed E-state index contributed by atoms with van der Waals surface area (Å²) in [6, 6.07) is 20.6. The Morgan fingerprint density at radius 3 is 1.86 bits per heavy atom. The summed E-state index contributed by atoms with van der Waals surface area (Å²) in [5.41, 5.74) is 8.38. The third-order valence-electron chi connectivity index (χ3n) is 3.18. The van der Waals surface area contributed by atoms with Gasteiger partial charge in [0.15, 0.2) is 5.96 Å². The van der Waals surface area contributed by atoms with Crippen LogP contribution >= 0.6 is 0 Å². The molecule has 3 N–H and O–H groups in total. The van der Waals surface area contributed by atoms with Crippen LogP contribution in [0.25, 0.3) is 0 Å². The molecule has 0 saturated carbocycles. The van der Waals surface area contributed by atoms with E-state index < -0.39 is 0 Å². The summed E-state index contributed by atoms with van der Waals surface area (Å²) in [4.78, 5) is 4.40. The van der Waals surface area contributed by atoms with Crippen LogP contribution < -0.4 is 11.1 Å². The molecule has 0 bridgehead atoms. The zero-order valence-corrected chi connectivity index (χ0v) is 12.7. The van der Waals surface area contributed by atoms with E-state index in [9.17, 15) is 0 Å². The Hall–Kier alpha value is -2.29. The van der Waals surface area contributed by atoms with Crippen molar-refractivity contribution in [1.29, 1.82) is 0 Å². The maximum absolute atomic E-state index is 6.04. The molecule has 0 spiro atoms. The quantitative estimate of drug-likeness (QED) is 0.652. The Bertz CT molecular complexity index is 522. The molecule has 2 aromatic carbocycles. The number of hydrogen-bond acceptors (Lipinski definition) is 1. The van der Waals surface area contributed by atoms with Crippen molar-refractivity contribution in [3.8, 4) is 0 Å². The highest BCUT2D eigenvalue weighted by Crippen LogP contribution is 2.21. The zero-order valence-electron chi connectivity index (χ0n) is 12.7. The first-order chi connectivity index (χ1) is 10.2. The number of guanidine groups is 1. The van der Waals surface area contributed by atoms with Gasteiger partial charge in [-0.1, -0.05) is 74.5 Å². The van der Waals surface area contributed by atoms with Gasteiger partial charge < -0.3 is 11.1 Å². The topological polar surface area (TPSA) is 50.4 Å². The first-order valence-corrected chi connectivity index (χ1v) is 7.33. The Balaban J connectivity index is 2.23. The average molecular weight is 281 g/mol. The van der Waals surface area contributed by atoms with Gasteiger partial charge in [-0.25, -0.2) is 0 Å². The van der Waals surface area contributed by atoms with Gasteiger partial charge in [-0.3, -0.25) is 4.99 Å². The number of nitrogens with zero attached hydrogens (tertiary/aromatic N) is 1. The minimum absolute atomic E-state index is 0.0170. The Morgan fingerprint density at radius 2 is 1.43 bits per heavy atom. The fourth-order valence-electron chi connectivity index (χ4n) is 2.12. The van der Waals surface area contributed by atoms with E-state index in [2.05, 4.69) is 48.4 Å². The van der Waals surface area contributed by atoms with E-state index in [1.165, 1.54) is 11.1 Å². The van der Waals surface area contributed by atoms with Crippen molar-refractivity contribution in [3.63, 3.8) is 0 Å². The van der Waals surface area contributed by atoms with Crippen molar-refractivity contribution in [1.82, 2.24) is 5.32 Å². The number of rotatable bonds is 5. The van der Waals surface area contributed by atoms with E-state index in [1.807, 2.05) is 36.4 Å². The van der Waals surface area contributed by atoms with Crippen LogP contribution in [0.15, 0.2) is 65.7 Å². The summed E-state index contributed by atoms with van der Waals surface area (Å²) in [5.74, 6) is 0.985. The third kappa shape index (κ3) is 4.63. The molecule has 3 heteroatoms. The second-order valence-electron chi connectivity index (χ2n) is 5.52. The Labute approximate surface area is 126 Å². The van der Waals surface area contributed by atoms with Crippen LogP contribution in [-0.4, -0.2) is 12.5 Å². The summed E-state index contributed by atoms with van der Waals surface area (Å²) in [6.45, 7) is 4.99. The summed E-state index contributed by atoms with van der Waals surface area (Å²) in [6.07, 6.45) is 0. The lowest BCUT2D eigenvalue weighted by atomic mass is 9.99. The first kappa shape index (κ1) is 15.1. The SMILES string of the molecule is CC(C)CN=C(N)NC(c1ccccc1)c1ccccc1. The average Bonchev–Trinajstić information content (AvgIpc) is 2.52. The van der Waals surface area contributed by atoms with Crippen LogP contribution in [0.5, 0.6) is 0 Å². The molecule has 0 heterocycles. The van der Waals surface area contributed by atoms with Gasteiger partial charge in [0.1, 0.15) is 0 Å². The van der Waals surface area contributed by atoms with E-state index in [0.29, 0.717) is 11.9 Å². The molecule has 0 unspecified atom stereocenters. The van der Waals surface area contributed by atoms with Gasteiger partial charge in [-0.15, -0.1) is 0 Å². The standard InChI is InChI=1S/C18H23N3/c1-14(2)13-20-18(19)21-17(15-9-5-3-6-10-15)16-11-7-4-8-12-16/h3-12,14,17H,13H2,1-2H3,(H3,19,20,21). The van der Waals surface area contributed by atoms with Crippen LogP contribution in [0.1, 0.15) is 31.0 Å². The molecule has 0 radical (unpaired) electrons. The van der Waals surface area contributed by atoms with Gasteiger partial charge in [-0.2, -0.15) is 0 Å². The Kier molecular flexibility index (Phi) is 5.38. The lowest BCUT2D eigenvalue weighted by molar-refractivity contribution is 0.657. The fraction of sp³-hybridized carbons (Fsp3) is 0.278. The molecule has 0 amide bonds. The van der Waals surface area contributed by atoms with Gasteiger partial charge in [-0.05, 0) is 17.0 Å². The lowest BCUT2D eigenvalue weighted by Gasteiger charge is -2.20. The molecular weight excluding hydrogens is 258 g/mol. The highest BCUT2D eigenvalue weighted by atomic mass is 15.1. The van der Waals surface area contributed by atoms with Gasteiger partial charge in [0.2, 0.25) is 0 Å². The molecule has 2 aromatic rings. The number of nitrogens with one attached hydrogen (secondary N) is 1. The third-order valence-corrected chi connectivity index (χ3v) is 3.18. The first-order valence-electron chi connectivity index (χ1n) is 7.33. The van der Waals surface area contributed by atoms with Crippen LogP contribution in [0, 0.1) is 5.92 Å². The predicted octanol–water partition coefficient (Wildman–Crippen LogP) is 3.34. The highest BCUT2D eigenvalue weighted by Gasteiger charge is 2.14. The lowest BCUT2D eigenvalue weighted by Crippen LogP contribution is -2.36. The number of hydrogen-bond donors (Lipinski definition) is 2. The van der Waals surface area contributed by atoms with E-state index >= 15 is 0 Å². The smallest absolute Gasteiger partial charge is 0.189 e. The minimum atomic E-state index is 0.0170. The summed E-state index contributed by atoms with van der Waals surface area (Å²) < 4.78 is 0. The largest absolute Gasteiger partial charge is 0.370 e. The maximum atomic E-state index is 6.04. The highest BCUT2D eigenvalue weighted by molar-refractivity contribution is 5.78. The van der Waals surface area contributed by atoms with Crippen LogP contribution in [0.2, 0.25) is 0 Å². The monoisotopic (exact) mass is 281 g/mol. The van der Waals surface area contributed by atoms with Crippen LogP contribution in [0.3, 0.4) is 0 Å². The van der Waals surface area contributed by atoms with Crippen molar-refractivity contribution >= 4 is 5.96 Å². The molecule has 0 saturated heterocycles. The molecule has 0 aromatic heterocycles. The van der Waals surface area contributed by atoms with Crippen molar-refractivity contribution in [2.45, 2.75) is 19.9 Å². The number of aliphatic imine (C=N–C) groups is 1. The molecule has 2 rings (SSSR count).